The number of nitrogens with zero attached hydrogens (tertiary/aromatic N) is 2. The minimum Gasteiger partial charge on any atom is -0.465 e. The Labute approximate surface area is 145 Å². The first-order valence-electron chi connectivity index (χ1n) is 7.83. The summed E-state index contributed by atoms with van der Waals surface area (Å²) in [5.74, 6) is -0.586. The van der Waals surface area contributed by atoms with Gasteiger partial charge in [0, 0.05) is 12.3 Å². The van der Waals surface area contributed by atoms with E-state index < -0.39 is 23.4 Å². The van der Waals surface area contributed by atoms with Crippen LogP contribution in [0.4, 0.5) is 5.95 Å². The summed E-state index contributed by atoms with van der Waals surface area (Å²) in [4.78, 5) is 27.7. The summed E-state index contributed by atoms with van der Waals surface area (Å²) < 4.78 is 11.0. The number of anilines is 1. The van der Waals surface area contributed by atoms with Crippen LogP contribution < -0.4 is 5.32 Å². The molecule has 0 saturated carbocycles. The summed E-state index contributed by atoms with van der Waals surface area (Å²) in [6.07, 6.45) is 0.427. The molecule has 0 saturated heterocycles. The summed E-state index contributed by atoms with van der Waals surface area (Å²) in [5.41, 5.74) is 0.188. The fraction of sp³-hybridized carbons (Fsp3) is 0.412. The van der Waals surface area contributed by atoms with Gasteiger partial charge >= 0.3 is 5.97 Å². The van der Waals surface area contributed by atoms with Crippen LogP contribution in [0.1, 0.15) is 26.3 Å². The molecule has 1 atom stereocenters. The first kappa shape index (κ1) is 18.6. The zero-order valence-corrected chi connectivity index (χ0v) is 14.5. The maximum atomic E-state index is 12.7. The van der Waals surface area contributed by atoms with Gasteiger partial charge in [-0.05, 0) is 5.56 Å². The smallest absolute Gasteiger partial charge is 0.302 e. The van der Waals surface area contributed by atoms with E-state index in [2.05, 4.69) is 20.5 Å². The molecular formula is C17H22N4O4. The number of amides is 1. The lowest BCUT2D eigenvalue weighted by Crippen LogP contribution is -2.45. The highest BCUT2D eigenvalue weighted by atomic mass is 16.5. The normalized spacial score (nSPS) is 12.4. The first-order chi connectivity index (χ1) is 11.9. The standard InChI is InChI=1S/C17H22N4O4/c1-12(22)25-10-17(2,3)14(15(23)20-16-18-11-19-21-16)24-9-13-7-5-4-6-8-13/h4-8,11,14H,9-10H2,1-3H3,(H2,18,19,20,21,23). The third-order valence-corrected chi connectivity index (χ3v) is 3.51. The molecule has 25 heavy (non-hydrogen) atoms. The number of hydrogen-bond donors (Lipinski definition) is 2. The Hall–Kier alpha value is -2.74. The first-order valence-corrected chi connectivity index (χ1v) is 7.83. The Kier molecular flexibility index (Phi) is 6.24. The SMILES string of the molecule is CC(=O)OCC(C)(C)C(OCc1ccccc1)C(=O)Nc1ncn[nH]1. The number of hydrogen-bond acceptors (Lipinski definition) is 6. The second-order valence-corrected chi connectivity index (χ2v) is 6.27. The lowest BCUT2D eigenvalue weighted by molar-refractivity contribution is -0.154. The largest absolute Gasteiger partial charge is 0.465 e. The van der Waals surface area contributed by atoms with Gasteiger partial charge in [-0.25, -0.2) is 5.10 Å². The second-order valence-electron chi connectivity index (χ2n) is 6.27. The zero-order chi connectivity index (χ0) is 18.3. The Morgan fingerprint density at radius 3 is 2.60 bits per heavy atom. The number of esters is 1. The van der Waals surface area contributed by atoms with Gasteiger partial charge in [0.1, 0.15) is 12.4 Å². The van der Waals surface area contributed by atoms with E-state index in [0.29, 0.717) is 0 Å². The van der Waals surface area contributed by atoms with Crippen molar-refractivity contribution in [3.63, 3.8) is 0 Å². The fourth-order valence-corrected chi connectivity index (χ4v) is 2.22. The van der Waals surface area contributed by atoms with Gasteiger partial charge in [-0.1, -0.05) is 44.2 Å². The van der Waals surface area contributed by atoms with Crippen molar-refractivity contribution in [1.82, 2.24) is 15.2 Å². The lowest BCUT2D eigenvalue weighted by atomic mass is 9.86. The van der Waals surface area contributed by atoms with Crippen molar-refractivity contribution in [2.75, 3.05) is 11.9 Å². The van der Waals surface area contributed by atoms with Crippen LogP contribution in [-0.4, -0.2) is 39.8 Å². The molecule has 0 aliphatic rings. The van der Waals surface area contributed by atoms with Gasteiger partial charge < -0.3 is 9.47 Å². The molecule has 134 valence electrons. The van der Waals surface area contributed by atoms with Crippen molar-refractivity contribution in [3.05, 3.63) is 42.2 Å². The molecule has 8 heteroatoms. The number of carbonyl (C=O) groups is 2. The maximum Gasteiger partial charge on any atom is 0.302 e. The van der Waals surface area contributed by atoms with Crippen molar-refractivity contribution in [1.29, 1.82) is 0 Å². The summed E-state index contributed by atoms with van der Waals surface area (Å²) in [5, 5.41) is 8.87. The van der Waals surface area contributed by atoms with E-state index in [4.69, 9.17) is 9.47 Å². The van der Waals surface area contributed by atoms with Crippen molar-refractivity contribution >= 4 is 17.8 Å². The van der Waals surface area contributed by atoms with Crippen LogP contribution in [0.2, 0.25) is 0 Å². The number of rotatable bonds is 8. The molecule has 0 spiro atoms. The molecule has 0 fully saturated rings. The van der Waals surface area contributed by atoms with E-state index in [9.17, 15) is 9.59 Å². The Morgan fingerprint density at radius 1 is 1.28 bits per heavy atom. The van der Waals surface area contributed by atoms with Gasteiger partial charge in [-0.15, -0.1) is 0 Å². The molecule has 8 nitrogen and oxygen atoms in total. The summed E-state index contributed by atoms with van der Waals surface area (Å²) in [6, 6.07) is 9.51. The van der Waals surface area contributed by atoms with Crippen LogP contribution in [0, 0.1) is 5.41 Å². The molecule has 0 aliphatic carbocycles. The average molecular weight is 346 g/mol. The molecule has 1 unspecified atom stereocenters. The van der Waals surface area contributed by atoms with Gasteiger partial charge in [0.25, 0.3) is 5.91 Å². The number of H-pyrrole nitrogens is 1. The van der Waals surface area contributed by atoms with Crippen LogP contribution in [-0.2, 0) is 25.7 Å². The molecule has 0 aliphatic heterocycles. The third-order valence-electron chi connectivity index (χ3n) is 3.51. The van der Waals surface area contributed by atoms with Gasteiger partial charge in [0.15, 0.2) is 0 Å². The maximum absolute atomic E-state index is 12.7. The highest BCUT2D eigenvalue weighted by Gasteiger charge is 2.38. The number of aromatic nitrogens is 3. The quantitative estimate of drug-likeness (QED) is 0.707. The molecule has 2 N–H and O–H groups in total. The van der Waals surface area contributed by atoms with Crippen LogP contribution in [0.5, 0.6) is 0 Å². The molecule has 1 aromatic heterocycles. The van der Waals surface area contributed by atoms with Crippen LogP contribution in [0.3, 0.4) is 0 Å². The number of benzene rings is 1. The molecule has 1 heterocycles. The minimum absolute atomic E-state index is 0.0472. The predicted molar refractivity (Wildman–Crippen MR) is 90.4 cm³/mol. The third kappa shape index (κ3) is 5.68. The van der Waals surface area contributed by atoms with Gasteiger partial charge in [-0.2, -0.15) is 10.1 Å². The van der Waals surface area contributed by atoms with E-state index in [0.717, 1.165) is 5.56 Å². The molecule has 1 aromatic carbocycles. The number of ether oxygens (including phenoxy) is 2. The average Bonchev–Trinajstić information content (AvgIpc) is 3.07. The molecule has 2 rings (SSSR count). The molecule has 2 aromatic rings. The van der Waals surface area contributed by atoms with E-state index >= 15 is 0 Å². The number of aromatic amines is 1. The minimum atomic E-state index is -0.864. The molecule has 1 amide bonds. The monoisotopic (exact) mass is 346 g/mol. The highest BCUT2D eigenvalue weighted by Crippen LogP contribution is 2.26. The Bertz CT molecular complexity index is 686. The topological polar surface area (TPSA) is 106 Å². The Morgan fingerprint density at radius 2 is 2.00 bits per heavy atom. The van der Waals surface area contributed by atoms with Crippen molar-refractivity contribution in [2.24, 2.45) is 5.41 Å². The Balaban J connectivity index is 2.11. The van der Waals surface area contributed by atoms with Crippen LogP contribution in [0.15, 0.2) is 36.7 Å². The molecular weight excluding hydrogens is 324 g/mol. The molecule has 0 radical (unpaired) electrons. The summed E-state index contributed by atoms with van der Waals surface area (Å²) >= 11 is 0. The van der Waals surface area contributed by atoms with Gasteiger partial charge in [-0.3, -0.25) is 14.9 Å². The van der Waals surface area contributed by atoms with Crippen molar-refractivity contribution in [2.45, 2.75) is 33.5 Å². The van der Waals surface area contributed by atoms with E-state index in [1.165, 1.54) is 13.3 Å². The molecule has 0 bridgehead atoms. The van der Waals surface area contributed by atoms with E-state index in [1.807, 2.05) is 30.3 Å². The van der Waals surface area contributed by atoms with Crippen LogP contribution in [0.25, 0.3) is 0 Å². The second kappa shape index (κ2) is 8.39. The van der Waals surface area contributed by atoms with Crippen molar-refractivity contribution in [3.8, 4) is 0 Å². The number of nitrogens with one attached hydrogen (secondary N) is 2. The fourth-order valence-electron chi connectivity index (χ4n) is 2.22. The predicted octanol–water partition coefficient (Wildman–Crippen LogP) is 1.92. The van der Waals surface area contributed by atoms with E-state index in [1.54, 1.807) is 13.8 Å². The van der Waals surface area contributed by atoms with E-state index in [-0.39, 0.29) is 19.2 Å². The van der Waals surface area contributed by atoms with Crippen molar-refractivity contribution < 1.29 is 19.1 Å². The van der Waals surface area contributed by atoms with Gasteiger partial charge in [0.2, 0.25) is 5.95 Å². The van der Waals surface area contributed by atoms with Crippen LogP contribution >= 0.6 is 0 Å². The zero-order valence-electron chi connectivity index (χ0n) is 14.5. The number of carbonyl (C=O) groups excluding carboxylic acids is 2. The summed E-state index contributed by atoms with van der Waals surface area (Å²) in [6.45, 7) is 5.21. The summed E-state index contributed by atoms with van der Waals surface area (Å²) in [7, 11) is 0. The lowest BCUT2D eigenvalue weighted by Gasteiger charge is -2.32. The highest BCUT2D eigenvalue weighted by molar-refractivity contribution is 5.93. The van der Waals surface area contributed by atoms with Gasteiger partial charge in [0.05, 0.1) is 13.2 Å².